The molecule has 0 aliphatic heterocycles. The molecule has 0 radical (unpaired) electrons. The predicted octanol–water partition coefficient (Wildman–Crippen LogP) is 4.40. The van der Waals surface area contributed by atoms with Crippen LogP contribution in [0.3, 0.4) is 0 Å². The van der Waals surface area contributed by atoms with Crippen molar-refractivity contribution in [3.63, 3.8) is 0 Å². The first-order chi connectivity index (χ1) is 16.0. The van der Waals surface area contributed by atoms with Crippen LogP contribution in [-0.2, 0) is 0 Å². The van der Waals surface area contributed by atoms with Crippen molar-refractivity contribution >= 4 is 22.5 Å². The van der Waals surface area contributed by atoms with E-state index in [1.165, 1.54) is 0 Å². The van der Waals surface area contributed by atoms with Gasteiger partial charge in [0.15, 0.2) is 5.65 Å². The number of aryl methyl sites for hydroxylation is 2. The lowest BCUT2D eigenvalue weighted by molar-refractivity contribution is 0.0954. The molecule has 0 bridgehead atoms. The van der Waals surface area contributed by atoms with E-state index in [4.69, 9.17) is 4.74 Å². The highest BCUT2D eigenvalue weighted by Gasteiger charge is 2.21. The third-order valence-electron chi connectivity index (χ3n) is 6.00. The van der Waals surface area contributed by atoms with Gasteiger partial charge >= 0.3 is 0 Å². The summed E-state index contributed by atoms with van der Waals surface area (Å²) in [4.78, 5) is 21.1. The number of carbonyl (C=O) groups is 1. The summed E-state index contributed by atoms with van der Waals surface area (Å²) in [6, 6.07) is 18.1. The van der Waals surface area contributed by atoms with E-state index >= 15 is 0 Å². The zero-order valence-corrected chi connectivity index (χ0v) is 18.8. The van der Waals surface area contributed by atoms with Crippen molar-refractivity contribution in [1.29, 1.82) is 0 Å². The summed E-state index contributed by atoms with van der Waals surface area (Å²) in [6.45, 7) is 4.29. The molecule has 0 unspecified atom stereocenters. The number of nitrogens with zero attached hydrogens (tertiary/aromatic N) is 3. The molecule has 7 nitrogen and oxygen atoms in total. The van der Waals surface area contributed by atoms with Crippen LogP contribution in [0.5, 0.6) is 5.75 Å². The highest BCUT2D eigenvalue weighted by Crippen LogP contribution is 2.31. The number of hydrogen-bond acceptors (Lipinski definition) is 4. The number of nitrogens with one attached hydrogen (secondary N) is 2. The summed E-state index contributed by atoms with van der Waals surface area (Å²) in [5.41, 5.74) is 6.10. The third-order valence-corrected chi connectivity index (χ3v) is 6.00. The van der Waals surface area contributed by atoms with E-state index in [0.29, 0.717) is 17.8 Å². The average molecular weight is 440 g/mol. The number of carbonyl (C=O) groups excluding carboxylic acids is 1. The maximum Gasteiger partial charge on any atom is 0.256 e. The number of aromatic nitrogens is 4. The first-order valence-corrected chi connectivity index (χ1v) is 10.9. The lowest BCUT2D eigenvalue weighted by Gasteiger charge is -2.18. The van der Waals surface area contributed by atoms with Gasteiger partial charge in [-0.1, -0.05) is 30.3 Å². The standard InChI is InChI=1S/C26H25N5O2/c1-16-12-17(2)31-25(30-16)23(15-29-31)26(32)28-13-21(18-8-10-19(33-3)11-9-18)22-14-27-24-7-5-4-6-20(22)24/h4-12,14-15,21,27H,13H2,1-3H3,(H,28,32)/t21-/m1/s1. The molecule has 0 saturated heterocycles. The summed E-state index contributed by atoms with van der Waals surface area (Å²) >= 11 is 0. The second-order valence-electron chi connectivity index (χ2n) is 8.16. The smallest absolute Gasteiger partial charge is 0.256 e. The summed E-state index contributed by atoms with van der Waals surface area (Å²) in [5, 5.41) is 8.60. The lowest BCUT2D eigenvalue weighted by atomic mass is 9.90. The summed E-state index contributed by atoms with van der Waals surface area (Å²) in [7, 11) is 1.65. The number of amides is 1. The molecule has 1 atom stereocenters. The quantitative estimate of drug-likeness (QED) is 0.411. The Morgan fingerprint density at radius 3 is 2.73 bits per heavy atom. The predicted molar refractivity (Wildman–Crippen MR) is 128 cm³/mol. The van der Waals surface area contributed by atoms with E-state index in [1.54, 1.807) is 17.8 Å². The first-order valence-electron chi connectivity index (χ1n) is 10.9. The Hall–Kier alpha value is -4.13. The van der Waals surface area contributed by atoms with Gasteiger partial charge in [-0.2, -0.15) is 5.10 Å². The fourth-order valence-corrected chi connectivity index (χ4v) is 4.35. The van der Waals surface area contributed by atoms with Crippen molar-refractivity contribution in [2.75, 3.05) is 13.7 Å². The Labute approximate surface area is 191 Å². The Morgan fingerprint density at radius 1 is 1.15 bits per heavy atom. The van der Waals surface area contributed by atoms with E-state index < -0.39 is 0 Å². The molecule has 0 spiro atoms. The van der Waals surface area contributed by atoms with Crippen LogP contribution in [-0.4, -0.2) is 39.1 Å². The average Bonchev–Trinajstić information content (AvgIpc) is 3.44. The molecule has 33 heavy (non-hydrogen) atoms. The van der Waals surface area contributed by atoms with Crippen LogP contribution >= 0.6 is 0 Å². The molecule has 166 valence electrons. The molecule has 5 rings (SSSR count). The topological polar surface area (TPSA) is 84.3 Å². The molecule has 2 N–H and O–H groups in total. The van der Waals surface area contributed by atoms with Gasteiger partial charge in [-0.3, -0.25) is 4.79 Å². The molecule has 3 aromatic heterocycles. The molecule has 0 aliphatic carbocycles. The van der Waals surface area contributed by atoms with Gasteiger partial charge in [-0.25, -0.2) is 9.50 Å². The van der Waals surface area contributed by atoms with Crippen LogP contribution in [0.1, 0.15) is 38.8 Å². The molecule has 0 aliphatic rings. The van der Waals surface area contributed by atoms with Crippen LogP contribution in [0.4, 0.5) is 0 Å². The highest BCUT2D eigenvalue weighted by atomic mass is 16.5. The van der Waals surface area contributed by atoms with Crippen molar-refractivity contribution in [3.05, 3.63) is 95.1 Å². The summed E-state index contributed by atoms with van der Waals surface area (Å²) in [5.74, 6) is 0.554. The number of H-pyrrole nitrogens is 1. The largest absolute Gasteiger partial charge is 0.497 e. The Balaban J connectivity index is 1.48. The minimum atomic E-state index is -0.194. The molecule has 5 aromatic rings. The van der Waals surface area contributed by atoms with Crippen molar-refractivity contribution < 1.29 is 9.53 Å². The minimum Gasteiger partial charge on any atom is -0.497 e. The van der Waals surface area contributed by atoms with Crippen LogP contribution in [0.15, 0.2) is 67.0 Å². The monoisotopic (exact) mass is 439 g/mol. The Bertz CT molecular complexity index is 1450. The SMILES string of the molecule is COc1ccc([C@@H](CNC(=O)c2cnn3c(C)cc(C)nc23)c2c[nH]c3ccccc23)cc1. The number of ether oxygens (including phenoxy) is 1. The number of methoxy groups -OCH3 is 1. The van der Waals surface area contributed by atoms with Gasteiger partial charge in [-0.05, 0) is 49.2 Å². The second-order valence-corrected chi connectivity index (χ2v) is 8.16. The number of rotatable bonds is 6. The molecular formula is C26H25N5O2. The molecule has 2 aromatic carbocycles. The van der Waals surface area contributed by atoms with Crippen LogP contribution < -0.4 is 10.1 Å². The molecule has 7 heteroatoms. The van der Waals surface area contributed by atoms with Crippen LogP contribution in [0.25, 0.3) is 16.6 Å². The zero-order chi connectivity index (χ0) is 22.9. The van der Waals surface area contributed by atoms with E-state index in [2.05, 4.69) is 32.5 Å². The number of benzene rings is 2. The van der Waals surface area contributed by atoms with Gasteiger partial charge in [0.05, 0.1) is 13.3 Å². The van der Waals surface area contributed by atoms with Gasteiger partial charge in [0.25, 0.3) is 5.91 Å². The van der Waals surface area contributed by atoms with E-state index in [-0.39, 0.29) is 11.8 Å². The van der Waals surface area contributed by atoms with Crippen molar-refractivity contribution in [2.24, 2.45) is 0 Å². The summed E-state index contributed by atoms with van der Waals surface area (Å²) in [6.07, 6.45) is 3.60. The molecule has 0 saturated carbocycles. The lowest BCUT2D eigenvalue weighted by Crippen LogP contribution is -2.29. The van der Waals surface area contributed by atoms with Crippen LogP contribution in [0.2, 0.25) is 0 Å². The third kappa shape index (κ3) is 3.82. The molecule has 1 amide bonds. The van der Waals surface area contributed by atoms with Gasteiger partial charge in [0, 0.05) is 41.0 Å². The Kier molecular flexibility index (Phi) is 5.30. The molecular weight excluding hydrogens is 414 g/mol. The first kappa shape index (κ1) is 20.8. The van der Waals surface area contributed by atoms with Gasteiger partial charge in [-0.15, -0.1) is 0 Å². The summed E-state index contributed by atoms with van der Waals surface area (Å²) < 4.78 is 7.02. The van der Waals surface area contributed by atoms with E-state index in [1.807, 2.05) is 62.5 Å². The van der Waals surface area contributed by atoms with Gasteiger partial charge in [0.1, 0.15) is 11.3 Å². The van der Waals surface area contributed by atoms with Crippen molar-refractivity contribution in [3.8, 4) is 5.75 Å². The van der Waals surface area contributed by atoms with Gasteiger partial charge < -0.3 is 15.0 Å². The van der Waals surface area contributed by atoms with Gasteiger partial charge in [0.2, 0.25) is 0 Å². The minimum absolute atomic E-state index is 0.0470. The Morgan fingerprint density at radius 2 is 1.94 bits per heavy atom. The maximum absolute atomic E-state index is 13.2. The van der Waals surface area contributed by atoms with Crippen molar-refractivity contribution in [2.45, 2.75) is 19.8 Å². The van der Waals surface area contributed by atoms with E-state index in [9.17, 15) is 4.79 Å². The van der Waals surface area contributed by atoms with Crippen molar-refractivity contribution in [1.82, 2.24) is 24.9 Å². The molecule has 0 fully saturated rings. The number of hydrogen-bond donors (Lipinski definition) is 2. The normalized spacial score (nSPS) is 12.2. The van der Waals surface area contributed by atoms with E-state index in [0.717, 1.165) is 39.2 Å². The number of para-hydroxylation sites is 1. The fraction of sp³-hybridized carbons (Fsp3) is 0.192. The maximum atomic E-state index is 13.2. The molecule has 3 heterocycles. The second kappa shape index (κ2) is 8.43. The fourth-order valence-electron chi connectivity index (χ4n) is 4.35. The zero-order valence-electron chi connectivity index (χ0n) is 18.8. The van der Waals surface area contributed by atoms with Crippen LogP contribution in [0, 0.1) is 13.8 Å². The number of aromatic amines is 1. The number of fused-ring (bicyclic) bond motifs is 2. The highest BCUT2D eigenvalue weighted by molar-refractivity contribution is 5.99.